The van der Waals surface area contributed by atoms with Gasteiger partial charge in [-0.15, -0.1) is 0 Å². The van der Waals surface area contributed by atoms with E-state index in [9.17, 15) is 19.0 Å². The number of hydrogen-bond donors (Lipinski definition) is 2. The Bertz CT molecular complexity index is 1600. The highest BCUT2D eigenvalue weighted by atomic mass is 31.2. The molecule has 0 bridgehead atoms. The van der Waals surface area contributed by atoms with E-state index in [1.54, 1.807) is 0 Å². The summed E-state index contributed by atoms with van der Waals surface area (Å²) in [6.07, 6.45) is 84.8. The fourth-order valence-electron chi connectivity index (χ4n) is 9.01. The van der Waals surface area contributed by atoms with Crippen LogP contribution in [-0.4, -0.2) is 49.3 Å². The molecule has 0 aliphatic carbocycles. The number of ether oxygens (including phenoxy) is 2. The molecule has 0 aromatic carbocycles. The fourth-order valence-corrected chi connectivity index (χ4v) is 9.77. The lowest BCUT2D eigenvalue weighted by molar-refractivity contribution is -0.161. The van der Waals surface area contributed by atoms with Gasteiger partial charge in [-0.2, -0.15) is 0 Å². The molecule has 0 radical (unpaired) electrons. The van der Waals surface area contributed by atoms with Crippen LogP contribution in [0.2, 0.25) is 0 Å². The molecule has 0 amide bonds. The summed E-state index contributed by atoms with van der Waals surface area (Å²) in [7, 11) is -4.40. The predicted molar refractivity (Wildman–Crippen MR) is 335 cm³/mol. The maximum atomic E-state index is 12.7. The van der Waals surface area contributed by atoms with Gasteiger partial charge in [0.2, 0.25) is 0 Å². The molecule has 0 fully saturated rings. The molecule has 10 heteroatoms. The van der Waals surface area contributed by atoms with Gasteiger partial charge in [-0.3, -0.25) is 18.6 Å². The zero-order chi connectivity index (χ0) is 56.6. The third-order valence-electron chi connectivity index (χ3n) is 13.7. The lowest BCUT2D eigenvalue weighted by Crippen LogP contribution is -2.29. The highest BCUT2D eigenvalue weighted by Gasteiger charge is 2.26. The van der Waals surface area contributed by atoms with E-state index in [1.807, 2.05) is 0 Å². The molecule has 9 nitrogen and oxygen atoms in total. The highest BCUT2D eigenvalue weighted by molar-refractivity contribution is 7.47. The van der Waals surface area contributed by atoms with Crippen LogP contribution in [0.1, 0.15) is 290 Å². The third kappa shape index (κ3) is 62.1. The average molecular weight is 1110 g/mol. The quantitative estimate of drug-likeness (QED) is 0.0264. The number of phosphoric ester groups is 1. The monoisotopic (exact) mass is 1110 g/mol. The summed E-state index contributed by atoms with van der Waals surface area (Å²) in [5.41, 5.74) is 5.39. The van der Waals surface area contributed by atoms with Crippen molar-refractivity contribution < 1.29 is 37.6 Å². The van der Waals surface area contributed by atoms with Gasteiger partial charge in [0.15, 0.2) is 6.10 Å². The van der Waals surface area contributed by atoms with Crippen molar-refractivity contribution in [2.45, 2.75) is 296 Å². The van der Waals surface area contributed by atoms with Gasteiger partial charge in [-0.25, -0.2) is 4.57 Å². The first-order valence-corrected chi connectivity index (χ1v) is 33.7. The molecule has 0 aliphatic heterocycles. The zero-order valence-corrected chi connectivity index (χ0v) is 51.3. The smallest absolute Gasteiger partial charge is 0.462 e. The van der Waals surface area contributed by atoms with Gasteiger partial charge in [0.1, 0.15) is 6.61 Å². The summed E-state index contributed by atoms with van der Waals surface area (Å²) >= 11 is 0. The molecule has 450 valence electrons. The zero-order valence-electron chi connectivity index (χ0n) is 50.4. The Morgan fingerprint density at radius 1 is 0.397 bits per heavy atom. The van der Waals surface area contributed by atoms with Crippen LogP contribution in [0.15, 0.2) is 97.2 Å². The number of rotatable bonds is 60. The number of phosphoric acid groups is 1. The van der Waals surface area contributed by atoms with E-state index < -0.39 is 26.5 Å². The summed E-state index contributed by atoms with van der Waals surface area (Å²) in [6.45, 7) is 3.64. The number of hydrogen-bond acceptors (Lipinski definition) is 8. The Balaban J connectivity index is 3.98. The summed E-state index contributed by atoms with van der Waals surface area (Å²) in [5.74, 6) is -0.839. The van der Waals surface area contributed by atoms with E-state index in [1.165, 1.54) is 148 Å². The Morgan fingerprint density at radius 3 is 1.05 bits per heavy atom. The van der Waals surface area contributed by atoms with Crippen molar-refractivity contribution in [2.75, 3.05) is 26.4 Å². The van der Waals surface area contributed by atoms with Gasteiger partial charge >= 0.3 is 19.8 Å². The molecule has 0 aromatic heterocycles. The molecular weight excluding hydrogens is 990 g/mol. The molecule has 0 rings (SSSR count). The lowest BCUT2D eigenvalue weighted by atomic mass is 10.0. The SMILES string of the molecule is CC/C=C\C/C=C\C/C=C\C/C=C\C/C=C\C/C=C\C/C=C\C/C=C\CCCCCCCCC(=O)OC(COC(=O)CCCCCCCCCCCCCCCCCCCCCCCCCCCC)COP(=O)(O)OCCN. The van der Waals surface area contributed by atoms with Gasteiger partial charge in [0.25, 0.3) is 0 Å². The number of esters is 2. The predicted octanol–water partition coefficient (Wildman–Crippen LogP) is 20.8. The van der Waals surface area contributed by atoms with Gasteiger partial charge in [-0.05, 0) is 77.0 Å². The normalized spacial score (nSPS) is 13.6. The van der Waals surface area contributed by atoms with Gasteiger partial charge in [-0.1, -0.05) is 297 Å². The van der Waals surface area contributed by atoms with Crippen molar-refractivity contribution >= 4 is 19.8 Å². The topological polar surface area (TPSA) is 134 Å². The number of nitrogens with two attached hydrogens (primary N) is 1. The van der Waals surface area contributed by atoms with Crippen molar-refractivity contribution in [3.63, 3.8) is 0 Å². The van der Waals surface area contributed by atoms with Gasteiger partial charge < -0.3 is 20.1 Å². The van der Waals surface area contributed by atoms with Crippen molar-refractivity contribution in [3.05, 3.63) is 97.2 Å². The minimum atomic E-state index is -4.40. The molecule has 0 saturated heterocycles. The summed E-state index contributed by atoms with van der Waals surface area (Å²) in [5, 5.41) is 0. The van der Waals surface area contributed by atoms with E-state index in [0.717, 1.165) is 109 Å². The van der Waals surface area contributed by atoms with E-state index in [0.29, 0.717) is 6.42 Å². The number of unbranched alkanes of at least 4 members (excludes halogenated alkanes) is 31. The Labute approximate surface area is 480 Å². The van der Waals surface area contributed by atoms with Crippen LogP contribution in [-0.2, 0) is 32.7 Å². The number of carbonyl (C=O) groups excluding carboxylic acids is 2. The van der Waals surface area contributed by atoms with Crippen LogP contribution in [0.25, 0.3) is 0 Å². The molecular formula is C68H120NO8P. The standard InChI is InChI=1S/C68H120NO8P/c1-3-5-7-9-11-13-15-17-19-21-23-25-27-29-31-32-33-34-35-37-39-41-43-45-47-49-51-53-55-57-59-61-68(71)77-66(65-76-78(72,73)75-63-62-69)64-74-67(70)60-58-56-54-52-50-48-46-44-42-40-38-36-30-28-26-24-22-20-18-16-14-12-10-8-6-4-2/h5,7,11,13,17,19,23,25,29,31,33-34,37,39,43,45,66H,3-4,6,8-10,12,14-16,18,20-22,24,26-28,30,32,35-36,38,40-42,44,46-65,69H2,1-2H3,(H,72,73)/b7-5-,13-11-,19-17-,25-23-,31-29-,34-33-,39-37-,45-43-. The molecule has 0 heterocycles. The van der Waals surface area contributed by atoms with Gasteiger partial charge in [0, 0.05) is 19.4 Å². The highest BCUT2D eigenvalue weighted by Crippen LogP contribution is 2.43. The van der Waals surface area contributed by atoms with Crippen molar-refractivity contribution in [2.24, 2.45) is 5.73 Å². The van der Waals surface area contributed by atoms with E-state index in [-0.39, 0.29) is 38.6 Å². The van der Waals surface area contributed by atoms with Crippen LogP contribution in [0.5, 0.6) is 0 Å². The summed E-state index contributed by atoms with van der Waals surface area (Å²) in [6, 6.07) is 0. The second-order valence-electron chi connectivity index (χ2n) is 21.3. The molecule has 2 atom stereocenters. The Morgan fingerprint density at radius 2 is 0.705 bits per heavy atom. The molecule has 0 spiro atoms. The largest absolute Gasteiger partial charge is 0.472 e. The van der Waals surface area contributed by atoms with E-state index >= 15 is 0 Å². The first-order valence-electron chi connectivity index (χ1n) is 32.2. The lowest BCUT2D eigenvalue weighted by Gasteiger charge is -2.19. The van der Waals surface area contributed by atoms with Crippen LogP contribution >= 0.6 is 7.82 Å². The minimum Gasteiger partial charge on any atom is -0.462 e. The van der Waals surface area contributed by atoms with Crippen LogP contribution < -0.4 is 5.73 Å². The molecule has 0 aliphatic rings. The average Bonchev–Trinajstić information content (AvgIpc) is 3.43. The summed E-state index contributed by atoms with van der Waals surface area (Å²) < 4.78 is 33.1. The Kier molecular flexibility index (Phi) is 60.6. The van der Waals surface area contributed by atoms with E-state index in [2.05, 4.69) is 111 Å². The number of allylic oxidation sites excluding steroid dienone is 16. The summed E-state index contributed by atoms with van der Waals surface area (Å²) in [4.78, 5) is 35.3. The molecule has 0 saturated carbocycles. The Hall–Kier alpha value is -3.07. The fraction of sp³-hybridized carbons (Fsp3) is 0.735. The molecule has 3 N–H and O–H groups in total. The van der Waals surface area contributed by atoms with Crippen LogP contribution in [0, 0.1) is 0 Å². The van der Waals surface area contributed by atoms with Crippen molar-refractivity contribution in [3.8, 4) is 0 Å². The number of carbonyl (C=O) groups is 2. The van der Waals surface area contributed by atoms with Gasteiger partial charge in [0.05, 0.1) is 13.2 Å². The molecule has 0 aromatic rings. The molecule has 2 unspecified atom stereocenters. The first kappa shape index (κ1) is 74.9. The molecule has 78 heavy (non-hydrogen) atoms. The third-order valence-corrected chi connectivity index (χ3v) is 14.7. The first-order chi connectivity index (χ1) is 38.3. The van der Waals surface area contributed by atoms with E-state index in [4.69, 9.17) is 24.3 Å². The minimum absolute atomic E-state index is 0.0474. The second kappa shape index (κ2) is 63.1. The van der Waals surface area contributed by atoms with Crippen molar-refractivity contribution in [1.82, 2.24) is 0 Å². The maximum Gasteiger partial charge on any atom is 0.472 e. The second-order valence-corrected chi connectivity index (χ2v) is 22.7. The van der Waals surface area contributed by atoms with Crippen LogP contribution in [0.3, 0.4) is 0 Å². The van der Waals surface area contributed by atoms with Crippen LogP contribution in [0.4, 0.5) is 0 Å². The maximum absolute atomic E-state index is 12.7. The van der Waals surface area contributed by atoms with Crippen molar-refractivity contribution in [1.29, 1.82) is 0 Å².